The highest BCUT2D eigenvalue weighted by atomic mass is 16.5. The molecule has 0 aromatic carbocycles. The molecule has 2 heteroatoms. The van der Waals surface area contributed by atoms with Crippen LogP contribution in [0.4, 0.5) is 0 Å². The van der Waals surface area contributed by atoms with Gasteiger partial charge >= 0.3 is 5.97 Å². The number of hydrogen-bond acceptors (Lipinski definition) is 2. The van der Waals surface area contributed by atoms with Gasteiger partial charge in [-0.25, -0.2) is 0 Å². The summed E-state index contributed by atoms with van der Waals surface area (Å²) in [6.07, 6.45) is 39.6. The highest BCUT2D eigenvalue weighted by molar-refractivity contribution is 5.69. The fourth-order valence-corrected chi connectivity index (χ4v) is 5.27. The summed E-state index contributed by atoms with van der Waals surface area (Å²) < 4.78 is 5.74. The lowest BCUT2D eigenvalue weighted by Crippen LogP contribution is -2.31. The van der Waals surface area contributed by atoms with Crippen LogP contribution in [-0.2, 0) is 9.53 Å². The molecule has 1 unspecified atom stereocenters. The van der Waals surface area contributed by atoms with E-state index in [1.54, 1.807) is 0 Å². The van der Waals surface area contributed by atoms with E-state index in [-0.39, 0.29) is 17.5 Å². The molecule has 0 saturated heterocycles. The molecule has 1 atom stereocenters. The standard InChI is InChI=1S/C44H62O2/c1-12-19-43(45)46-41-32-40(9)42(44(10,11)33-41)31-30-39(8)29-18-25-36(5)22-14-13-21-35(4)24-16-27-38(7)28-17-26-37(6)23-15-20-34(2)3/h13-14,16-18,20-22,24-31,41H,12,15,19,23,32-33H2,1-11H3/b14-13+,24-16+,25-18+,28-17+,31-30+,35-21+,36-22+,37-26+,38-27+,39-29+. The van der Waals surface area contributed by atoms with Gasteiger partial charge in [-0.3, -0.25) is 4.79 Å². The van der Waals surface area contributed by atoms with E-state index in [1.807, 2.05) is 6.92 Å². The Morgan fingerprint density at radius 1 is 0.739 bits per heavy atom. The number of ether oxygens (including phenoxy) is 1. The van der Waals surface area contributed by atoms with Crippen LogP contribution in [0.1, 0.15) is 115 Å². The lowest BCUT2D eigenvalue weighted by Gasteiger charge is -2.37. The van der Waals surface area contributed by atoms with E-state index in [0.29, 0.717) is 6.42 Å². The molecule has 0 radical (unpaired) electrons. The van der Waals surface area contributed by atoms with Crippen molar-refractivity contribution in [2.45, 2.75) is 121 Å². The van der Waals surface area contributed by atoms with Crippen molar-refractivity contribution in [3.8, 4) is 0 Å². The predicted octanol–water partition coefficient (Wildman–Crippen LogP) is 13.1. The van der Waals surface area contributed by atoms with Gasteiger partial charge in [0, 0.05) is 12.8 Å². The van der Waals surface area contributed by atoms with Crippen molar-refractivity contribution in [3.05, 3.63) is 142 Å². The van der Waals surface area contributed by atoms with E-state index in [2.05, 4.69) is 166 Å². The fourth-order valence-electron chi connectivity index (χ4n) is 5.27. The van der Waals surface area contributed by atoms with E-state index >= 15 is 0 Å². The van der Waals surface area contributed by atoms with Crippen molar-refractivity contribution in [1.29, 1.82) is 0 Å². The molecule has 0 N–H and O–H groups in total. The Morgan fingerprint density at radius 2 is 1.24 bits per heavy atom. The van der Waals surface area contributed by atoms with Gasteiger partial charge in [-0.1, -0.05) is 157 Å². The molecule has 1 rings (SSSR count). The normalized spacial score (nSPS) is 19.1. The molecule has 0 aromatic heterocycles. The average Bonchev–Trinajstić information content (AvgIpc) is 2.94. The Kier molecular flexibility index (Phi) is 19.3. The lowest BCUT2D eigenvalue weighted by molar-refractivity contribution is -0.150. The fraction of sp³-hybridized carbons (Fsp3) is 0.432. The first-order chi connectivity index (χ1) is 21.7. The average molecular weight is 623 g/mol. The maximum Gasteiger partial charge on any atom is 0.306 e. The Bertz CT molecular complexity index is 1360. The number of allylic oxidation sites excluding steroid dienone is 23. The summed E-state index contributed by atoms with van der Waals surface area (Å²) in [6.45, 7) is 23.6. The Labute approximate surface area is 282 Å². The molecule has 46 heavy (non-hydrogen) atoms. The third kappa shape index (κ3) is 18.4. The van der Waals surface area contributed by atoms with E-state index in [9.17, 15) is 4.79 Å². The molecular weight excluding hydrogens is 560 g/mol. The smallest absolute Gasteiger partial charge is 0.306 e. The maximum absolute atomic E-state index is 12.0. The molecule has 1 aliphatic rings. The minimum absolute atomic E-state index is 0.0235. The molecule has 0 heterocycles. The van der Waals surface area contributed by atoms with Crippen LogP contribution in [0.15, 0.2) is 142 Å². The molecule has 0 amide bonds. The number of carbonyl (C=O) groups is 1. The number of hydrogen-bond donors (Lipinski definition) is 0. The van der Waals surface area contributed by atoms with Gasteiger partial charge in [-0.05, 0) is 92.1 Å². The summed E-state index contributed by atoms with van der Waals surface area (Å²) in [5, 5.41) is 0. The topological polar surface area (TPSA) is 26.3 Å². The Hall–Kier alpha value is -3.65. The largest absolute Gasteiger partial charge is 0.462 e. The first-order valence-corrected chi connectivity index (χ1v) is 17.0. The van der Waals surface area contributed by atoms with Gasteiger partial charge in [-0.2, -0.15) is 0 Å². The maximum atomic E-state index is 12.0. The van der Waals surface area contributed by atoms with Crippen LogP contribution >= 0.6 is 0 Å². The zero-order valence-electron chi connectivity index (χ0n) is 30.9. The minimum atomic E-state index is -0.0769. The summed E-state index contributed by atoms with van der Waals surface area (Å²) in [5.41, 5.74) is 10.2. The summed E-state index contributed by atoms with van der Waals surface area (Å²) in [6, 6.07) is 0. The second-order valence-corrected chi connectivity index (χ2v) is 13.6. The van der Waals surface area contributed by atoms with Gasteiger partial charge in [0.25, 0.3) is 0 Å². The van der Waals surface area contributed by atoms with Crippen LogP contribution in [0.25, 0.3) is 0 Å². The third-order valence-corrected chi connectivity index (χ3v) is 7.82. The molecule has 0 aromatic rings. The quantitative estimate of drug-likeness (QED) is 0.0972. The first kappa shape index (κ1) is 40.4. The van der Waals surface area contributed by atoms with Gasteiger partial charge in [-0.15, -0.1) is 0 Å². The highest BCUT2D eigenvalue weighted by Gasteiger charge is 2.34. The molecule has 0 aliphatic heterocycles. The van der Waals surface area contributed by atoms with Gasteiger partial charge in [0.15, 0.2) is 0 Å². The molecule has 1 aliphatic carbocycles. The van der Waals surface area contributed by atoms with Gasteiger partial charge in [0.05, 0.1) is 0 Å². The van der Waals surface area contributed by atoms with E-state index in [4.69, 9.17) is 4.74 Å². The SMILES string of the molecule is CCCC(=O)OC1CC(C)=C(/C=C/C(C)=C/C=C/C(C)=C/C=C/C=C(C)/C=C/C=C(C)/C=C/C=C(\C)CCC=C(C)C)C(C)(C)C1. The van der Waals surface area contributed by atoms with Crippen molar-refractivity contribution in [2.24, 2.45) is 5.41 Å². The summed E-state index contributed by atoms with van der Waals surface area (Å²) >= 11 is 0. The van der Waals surface area contributed by atoms with Crippen molar-refractivity contribution in [3.63, 3.8) is 0 Å². The predicted molar refractivity (Wildman–Crippen MR) is 204 cm³/mol. The van der Waals surface area contributed by atoms with Crippen LogP contribution in [0, 0.1) is 5.41 Å². The second kappa shape index (κ2) is 22.0. The van der Waals surface area contributed by atoms with Crippen molar-refractivity contribution < 1.29 is 9.53 Å². The molecule has 2 nitrogen and oxygen atoms in total. The van der Waals surface area contributed by atoms with Crippen molar-refractivity contribution in [1.82, 2.24) is 0 Å². The van der Waals surface area contributed by atoms with Crippen LogP contribution in [0.3, 0.4) is 0 Å². The zero-order valence-corrected chi connectivity index (χ0v) is 30.9. The Morgan fingerprint density at radius 3 is 1.74 bits per heavy atom. The van der Waals surface area contributed by atoms with E-state index in [1.165, 1.54) is 44.6 Å². The highest BCUT2D eigenvalue weighted by Crippen LogP contribution is 2.42. The van der Waals surface area contributed by atoms with Gasteiger partial charge in [0.1, 0.15) is 6.10 Å². The first-order valence-electron chi connectivity index (χ1n) is 17.0. The third-order valence-electron chi connectivity index (χ3n) is 7.82. The van der Waals surface area contributed by atoms with Crippen molar-refractivity contribution >= 4 is 5.97 Å². The molecule has 0 spiro atoms. The number of carbonyl (C=O) groups excluding carboxylic acids is 1. The van der Waals surface area contributed by atoms with Crippen molar-refractivity contribution in [2.75, 3.05) is 0 Å². The number of esters is 1. The summed E-state index contributed by atoms with van der Waals surface area (Å²) in [7, 11) is 0. The summed E-state index contributed by atoms with van der Waals surface area (Å²) in [5.74, 6) is -0.0769. The molecule has 0 fully saturated rings. The van der Waals surface area contributed by atoms with E-state index < -0.39 is 0 Å². The molecule has 0 bridgehead atoms. The van der Waals surface area contributed by atoms with Crippen LogP contribution in [0.2, 0.25) is 0 Å². The van der Waals surface area contributed by atoms with Gasteiger partial charge < -0.3 is 4.74 Å². The van der Waals surface area contributed by atoms with E-state index in [0.717, 1.165) is 32.1 Å². The molecular formula is C44H62O2. The van der Waals surface area contributed by atoms with Crippen LogP contribution < -0.4 is 0 Å². The van der Waals surface area contributed by atoms with Crippen LogP contribution in [-0.4, -0.2) is 12.1 Å². The monoisotopic (exact) mass is 622 g/mol. The zero-order chi connectivity index (χ0) is 34.5. The van der Waals surface area contributed by atoms with Crippen LogP contribution in [0.5, 0.6) is 0 Å². The lowest BCUT2D eigenvalue weighted by atomic mass is 9.71. The molecule has 0 saturated carbocycles. The molecule has 250 valence electrons. The minimum Gasteiger partial charge on any atom is -0.462 e. The van der Waals surface area contributed by atoms with Gasteiger partial charge in [0.2, 0.25) is 0 Å². The Balaban J connectivity index is 2.65. The number of rotatable bonds is 16. The second-order valence-electron chi connectivity index (χ2n) is 13.6. The summed E-state index contributed by atoms with van der Waals surface area (Å²) in [4.78, 5) is 12.0.